The fourth-order valence-corrected chi connectivity index (χ4v) is 4.42. The van der Waals surface area contributed by atoms with Gasteiger partial charge in [-0.2, -0.15) is 0 Å². The van der Waals surface area contributed by atoms with Crippen LogP contribution in [0.2, 0.25) is 0 Å². The molecule has 0 spiro atoms. The number of nitrogens with zero attached hydrogens (tertiary/aromatic N) is 2. The van der Waals surface area contributed by atoms with Crippen molar-refractivity contribution in [2.75, 3.05) is 53.6 Å². The lowest BCUT2D eigenvalue weighted by molar-refractivity contribution is -0.140. The van der Waals surface area contributed by atoms with Crippen LogP contribution in [-0.2, 0) is 14.3 Å². The Morgan fingerprint density at radius 2 is 1.68 bits per heavy atom. The standard InChI is InChI=1S/C26H30N2O6/c1-17-4-6-18(7-5-17)23-22(24(29)19-8-9-20(32-2)21(16-19)33-3)25(30)26(31)28(23)11-10-27-12-14-34-15-13-27/h4-9,16,23,29H,10-15H2,1-3H3/b24-22-. The third-order valence-corrected chi connectivity index (χ3v) is 6.35. The van der Waals surface area contributed by atoms with Crippen molar-refractivity contribution in [3.63, 3.8) is 0 Å². The summed E-state index contributed by atoms with van der Waals surface area (Å²) in [5.41, 5.74) is 2.28. The molecule has 34 heavy (non-hydrogen) atoms. The highest BCUT2D eigenvalue weighted by Crippen LogP contribution is 2.40. The second-order valence-electron chi connectivity index (χ2n) is 8.43. The smallest absolute Gasteiger partial charge is 0.295 e. The molecule has 1 N–H and O–H groups in total. The second-order valence-corrected chi connectivity index (χ2v) is 8.43. The van der Waals surface area contributed by atoms with Gasteiger partial charge in [0.2, 0.25) is 0 Å². The molecule has 2 aliphatic rings. The maximum Gasteiger partial charge on any atom is 0.295 e. The highest BCUT2D eigenvalue weighted by atomic mass is 16.5. The first kappa shape index (κ1) is 23.8. The van der Waals surface area contributed by atoms with Gasteiger partial charge in [0.05, 0.1) is 39.0 Å². The summed E-state index contributed by atoms with van der Waals surface area (Å²) in [6.07, 6.45) is 0. The van der Waals surface area contributed by atoms with Crippen molar-refractivity contribution in [3.05, 3.63) is 64.7 Å². The molecule has 0 bridgehead atoms. The van der Waals surface area contributed by atoms with Crippen molar-refractivity contribution < 1.29 is 28.9 Å². The molecule has 180 valence electrons. The minimum atomic E-state index is -0.695. The van der Waals surface area contributed by atoms with Gasteiger partial charge < -0.3 is 24.2 Å². The van der Waals surface area contributed by atoms with Gasteiger partial charge in [0.25, 0.3) is 11.7 Å². The Labute approximate surface area is 199 Å². The Balaban J connectivity index is 1.75. The maximum absolute atomic E-state index is 13.2. The first-order valence-electron chi connectivity index (χ1n) is 11.3. The van der Waals surface area contributed by atoms with Gasteiger partial charge in [0.1, 0.15) is 5.76 Å². The van der Waals surface area contributed by atoms with E-state index in [-0.39, 0.29) is 11.3 Å². The van der Waals surface area contributed by atoms with Gasteiger partial charge in [0, 0.05) is 31.7 Å². The molecule has 2 aromatic rings. The average Bonchev–Trinajstić information content (AvgIpc) is 3.12. The van der Waals surface area contributed by atoms with Gasteiger partial charge in [-0.25, -0.2) is 0 Å². The summed E-state index contributed by atoms with van der Waals surface area (Å²) >= 11 is 0. The average molecular weight is 467 g/mol. The monoisotopic (exact) mass is 466 g/mol. The molecule has 1 atom stereocenters. The van der Waals surface area contributed by atoms with Gasteiger partial charge in [-0.15, -0.1) is 0 Å². The molecule has 2 heterocycles. The van der Waals surface area contributed by atoms with Crippen molar-refractivity contribution in [2.24, 2.45) is 0 Å². The number of carbonyl (C=O) groups is 2. The highest BCUT2D eigenvalue weighted by Gasteiger charge is 2.46. The minimum absolute atomic E-state index is 0.0723. The molecule has 0 saturated carbocycles. The van der Waals surface area contributed by atoms with Crippen molar-refractivity contribution in [2.45, 2.75) is 13.0 Å². The summed E-state index contributed by atoms with van der Waals surface area (Å²) in [6, 6.07) is 11.9. The molecule has 0 radical (unpaired) electrons. The van der Waals surface area contributed by atoms with E-state index in [4.69, 9.17) is 14.2 Å². The Bertz CT molecular complexity index is 1090. The number of rotatable bonds is 7. The molecule has 2 fully saturated rings. The molecule has 2 aliphatic heterocycles. The van der Waals surface area contributed by atoms with E-state index in [0.29, 0.717) is 43.4 Å². The number of aliphatic hydroxyl groups excluding tert-OH is 1. The van der Waals surface area contributed by atoms with Gasteiger partial charge in [-0.05, 0) is 30.7 Å². The zero-order chi connectivity index (χ0) is 24.2. The summed E-state index contributed by atoms with van der Waals surface area (Å²) in [4.78, 5) is 30.1. The third-order valence-electron chi connectivity index (χ3n) is 6.35. The number of carbonyl (C=O) groups excluding carboxylic acids is 2. The van der Waals surface area contributed by atoms with Crippen molar-refractivity contribution >= 4 is 17.4 Å². The first-order valence-corrected chi connectivity index (χ1v) is 11.3. The molecule has 1 amide bonds. The first-order chi connectivity index (χ1) is 16.4. The van der Waals surface area contributed by atoms with Crippen LogP contribution in [0.15, 0.2) is 48.0 Å². The third kappa shape index (κ3) is 4.64. The van der Waals surface area contributed by atoms with Crippen LogP contribution in [0.4, 0.5) is 0 Å². The number of aryl methyl sites for hydroxylation is 1. The molecular weight excluding hydrogens is 436 g/mol. The summed E-state index contributed by atoms with van der Waals surface area (Å²) in [5, 5.41) is 11.3. The van der Waals surface area contributed by atoms with Gasteiger partial charge >= 0.3 is 0 Å². The number of methoxy groups -OCH3 is 2. The van der Waals surface area contributed by atoms with Crippen molar-refractivity contribution in [1.82, 2.24) is 9.80 Å². The van der Waals surface area contributed by atoms with Crippen LogP contribution in [0.5, 0.6) is 11.5 Å². The number of benzene rings is 2. The zero-order valence-electron chi connectivity index (χ0n) is 19.7. The maximum atomic E-state index is 13.2. The number of likely N-dealkylation sites (tertiary alicyclic amines) is 1. The molecule has 0 aromatic heterocycles. The minimum Gasteiger partial charge on any atom is -0.507 e. The Morgan fingerprint density at radius 1 is 1.00 bits per heavy atom. The van der Waals surface area contributed by atoms with E-state index in [1.807, 2.05) is 31.2 Å². The van der Waals surface area contributed by atoms with Gasteiger partial charge in [0.15, 0.2) is 11.5 Å². The Kier molecular flexibility index (Phi) is 7.19. The number of amides is 1. The van der Waals surface area contributed by atoms with Crippen LogP contribution >= 0.6 is 0 Å². The summed E-state index contributed by atoms with van der Waals surface area (Å²) in [5.74, 6) is -0.625. The lowest BCUT2D eigenvalue weighted by atomic mass is 9.94. The molecular formula is C26H30N2O6. The van der Waals surface area contributed by atoms with Crippen molar-refractivity contribution in [1.29, 1.82) is 0 Å². The summed E-state index contributed by atoms with van der Waals surface area (Å²) in [6.45, 7) is 5.83. The molecule has 0 aliphatic carbocycles. The Hall–Kier alpha value is -3.36. The fourth-order valence-electron chi connectivity index (χ4n) is 4.42. The fraction of sp³-hybridized carbons (Fsp3) is 0.385. The van der Waals surface area contributed by atoms with Crippen LogP contribution in [-0.4, -0.2) is 80.2 Å². The highest BCUT2D eigenvalue weighted by molar-refractivity contribution is 6.46. The number of Topliss-reactive ketones (excluding diaryl/α,β-unsaturated/α-hetero) is 1. The van der Waals surface area contributed by atoms with E-state index < -0.39 is 17.7 Å². The normalized spacial score (nSPS) is 20.6. The summed E-state index contributed by atoms with van der Waals surface area (Å²) < 4.78 is 16.0. The van der Waals surface area contributed by atoms with Crippen LogP contribution < -0.4 is 9.47 Å². The number of hydrogen-bond donors (Lipinski definition) is 1. The lowest BCUT2D eigenvalue weighted by Gasteiger charge is -2.31. The van der Waals surface area contributed by atoms with E-state index in [2.05, 4.69) is 4.90 Å². The number of ketones is 1. The molecule has 8 heteroatoms. The topological polar surface area (TPSA) is 88.5 Å². The van der Waals surface area contributed by atoms with Crippen LogP contribution in [0, 0.1) is 6.92 Å². The van der Waals surface area contributed by atoms with Gasteiger partial charge in [-0.3, -0.25) is 14.5 Å². The SMILES string of the molecule is COc1ccc(/C(O)=C2/C(=O)C(=O)N(CCN3CCOCC3)C2c2ccc(C)cc2)cc1OC. The predicted molar refractivity (Wildman–Crippen MR) is 127 cm³/mol. The van der Waals surface area contributed by atoms with E-state index >= 15 is 0 Å². The van der Waals surface area contributed by atoms with E-state index in [9.17, 15) is 14.7 Å². The van der Waals surface area contributed by atoms with E-state index in [1.165, 1.54) is 14.2 Å². The molecule has 2 saturated heterocycles. The predicted octanol–water partition coefficient (Wildman–Crippen LogP) is 2.77. The molecule has 4 rings (SSSR count). The lowest BCUT2D eigenvalue weighted by Crippen LogP contribution is -2.42. The Morgan fingerprint density at radius 3 is 2.32 bits per heavy atom. The van der Waals surface area contributed by atoms with Gasteiger partial charge in [-0.1, -0.05) is 29.8 Å². The summed E-state index contributed by atoms with van der Waals surface area (Å²) in [7, 11) is 3.02. The molecule has 2 aromatic carbocycles. The van der Waals surface area contributed by atoms with Crippen LogP contribution in [0.1, 0.15) is 22.7 Å². The quantitative estimate of drug-likeness (QED) is 0.381. The van der Waals surface area contributed by atoms with Crippen LogP contribution in [0.25, 0.3) is 5.76 Å². The second kappa shape index (κ2) is 10.3. The largest absolute Gasteiger partial charge is 0.507 e. The van der Waals surface area contributed by atoms with E-state index in [1.54, 1.807) is 23.1 Å². The molecule has 8 nitrogen and oxygen atoms in total. The van der Waals surface area contributed by atoms with Crippen LogP contribution in [0.3, 0.4) is 0 Å². The van der Waals surface area contributed by atoms with Crippen molar-refractivity contribution in [3.8, 4) is 11.5 Å². The number of ether oxygens (including phenoxy) is 3. The number of hydrogen-bond acceptors (Lipinski definition) is 7. The van der Waals surface area contributed by atoms with E-state index in [0.717, 1.165) is 24.2 Å². The number of morpholine rings is 1. The number of aliphatic hydroxyl groups is 1. The molecule has 1 unspecified atom stereocenters. The zero-order valence-corrected chi connectivity index (χ0v) is 19.7.